The molecule has 6 heteroatoms. The Kier molecular flexibility index (Phi) is 4.47. The van der Waals surface area contributed by atoms with Crippen molar-refractivity contribution in [2.24, 2.45) is 0 Å². The Hall–Kier alpha value is -3.28. The monoisotopic (exact) mass is 324 g/mol. The molecule has 0 aliphatic rings. The molecule has 0 saturated carbocycles. The lowest BCUT2D eigenvalue weighted by Gasteiger charge is -1.99. The van der Waals surface area contributed by atoms with Gasteiger partial charge in [0.2, 0.25) is 5.89 Å². The maximum atomic E-state index is 14.2. The van der Waals surface area contributed by atoms with E-state index in [9.17, 15) is 9.18 Å². The minimum absolute atomic E-state index is 0.203. The van der Waals surface area contributed by atoms with E-state index >= 15 is 0 Å². The van der Waals surface area contributed by atoms with Crippen molar-refractivity contribution in [3.8, 4) is 11.5 Å². The first kappa shape index (κ1) is 15.6. The quantitative estimate of drug-likeness (QED) is 0.679. The highest BCUT2D eigenvalue weighted by atomic mass is 19.1. The fourth-order valence-corrected chi connectivity index (χ4v) is 2.06. The molecule has 120 valence electrons. The van der Waals surface area contributed by atoms with Crippen molar-refractivity contribution in [3.05, 3.63) is 71.6 Å². The third-order valence-corrected chi connectivity index (χ3v) is 3.28. The van der Waals surface area contributed by atoms with Crippen LogP contribution in [0.4, 0.5) is 4.39 Å². The Balaban J connectivity index is 1.81. The summed E-state index contributed by atoms with van der Waals surface area (Å²) in [6.07, 6.45) is 1.25. The number of benzene rings is 2. The molecule has 24 heavy (non-hydrogen) atoms. The van der Waals surface area contributed by atoms with E-state index in [4.69, 9.17) is 4.42 Å². The van der Waals surface area contributed by atoms with Gasteiger partial charge in [-0.05, 0) is 35.9 Å². The van der Waals surface area contributed by atoms with E-state index in [-0.39, 0.29) is 11.8 Å². The lowest BCUT2D eigenvalue weighted by molar-refractivity contribution is 0.0600. The molecule has 0 N–H and O–H groups in total. The zero-order valence-corrected chi connectivity index (χ0v) is 12.8. The van der Waals surface area contributed by atoms with E-state index in [0.29, 0.717) is 16.7 Å². The molecule has 0 saturated heterocycles. The second kappa shape index (κ2) is 6.87. The summed E-state index contributed by atoms with van der Waals surface area (Å²) in [5.74, 6) is -1.06. The van der Waals surface area contributed by atoms with Gasteiger partial charge < -0.3 is 9.15 Å². The highest BCUT2D eigenvalue weighted by molar-refractivity contribution is 5.89. The van der Waals surface area contributed by atoms with Gasteiger partial charge in [-0.2, -0.15) is 0 Å². The van der Waals surface area contributed by atoms with E-state index in [1.54, 1.807) is 36.4 Å². The molecule has 0 unspecified atom stereocenters. The molecule has 0 atom stereocenters. The number of carbonyl (C=O) groups is 1. The van der Waals surface area contributed by atoms with Crippen LogP contribution in [0.15, 0.2) is 59.0 Å². The van der Waals surface area contributed by atoms with Crippen LogP contribution in [0, 0.1) is 0 Å². The molecule has 1 aromatic heterocycles. The molecule has 2 aromatic carbocycles. The molecule has 0 fully saturated rings. The Morgan fingerprint density at radius 2 is 1.79 bits per heavy atom. The van der Waals surface area contributed by atoms with Crippen LogP contribution in [0.2, 0.25) is 0 Å². The van der Waals surface area contributed by atoms with Gasteiger partial charge in [0, 0.05) is 5.56 Å². The number of hydrogen-bond donors (Lipinski definition) is 0. The van der Waals surface area contributed by atoms with Crippen molar-refractivity contribution in [1.82, 2.24) is 10.2 Å². The predicted molar refractivity (Wildman–Crippen MR) is 86.5 cm³/mol. The van der Waals surface area contributed by atoms with Gasteiger partial charge in [0.25, 0.3) is 5.89 Å². The molecule has 0 bridgehead atoms. The first-order valence-electron chi connectivity index (χ1n) is 7.12. The molecule has 0 spiro atoms. The molecule has 3 aromatic rings. The summed E-state index contributed by atoms with van der Waals surface area (Å²) in [6, 6.07) is 15.4. The van der Waals surface area contributed by atoms with E-state index in [0.717, 1.165) is 0 Å². The average molecular weight is 324 g/mol. The van der Waals surface area contributed by atoms with Crippen molar-refractivity contribution >= 4 is 17.9 Å². The molecule has 0 radical (unpaired) electrons. The topological polar surface area (TPSA) is 65.2 Å². The third-order valence-electron chi connectivity index (χ3n) is 3.28. The largest absolute Gasteiger partial charge is 0.465 e. The normalized spacial score (nSPS) is 11.3. The highest BCUT2D eigenvalue weighted by Gasteiger charge is 2.12. The molecule has 3 rings (SSSR count). The molecule has 0 aliphatic heterocycles. The van der Waals surface area contributed by atoms with Gasteiger partial charge in [0.1, 0.15) is 0 Å². The summed E-state index contributed by atoms with van der Waals surface area (Å²) in [5, 5.41) is 7.55. The van der Waals surface area contributed by atoms with Gasteiger partial charge in [-0.25, -0.2) is 9.18 Å². The van der Waals surface area contributed by atoms with Crippen LogP contribution in [-0.2, 0) is 4.74 Å². The molecule has 0 amide bonds. The van der Waals surface area contributed by atoms with Crippen molar-refractivity contribution in [1.29, 1.82) is 0 Å². The van der Waals surface area contributed by atoms with Crippen LogP contribution in [0.1, 0.15) is 21.8 Å². The second-order valence-electron chi connectivity index (χ2n) is 4.88. The average Bonchev–Trinajstić information content (AvgIpc) is 3.13. The van der Waals surface area contributed by atoms with E-state index in [1.165, 1.54) is 13.2 Å². The summed E-state index contributed by atoms with van der Waals surface area (Å²) in [7, 11) is 1.30. The van der Waals surface area contributed by atoms with Crippen molar-refractivity contribution < 1.29 is 18.3 Å². The lowest BCUT2D eigenvalue weighted by Crippen LogP contribution is -2.00. The summed E-state index contributed by atoms with van der Waals surface area (Å²) < 4.78 is 24.2. The van der Waals surface area contributed by atoms with Crippen LogP contribution in [0.3, 0.4) is 0 Å². The first-order chi connectivity index (χ1) is 11.7. The smallest absolute Gasteiger partial charge is 0.337 e. The predicted octanol–water partition coefficient (Wildman–Crippen LogP) is 3.99. The highest BCUT2D eigenvalue weighted by Crippen LogP contribution is 2.23. The SMILES string of the molecule is COC(=O)c1ccc(/C=C(\F)c2nnc(-c3ccccc3)o2)cc1. The minimum atomic E-state index is -0.657. The van der Waals surface area contributed by atoms with E-state index < -0.39 is 11.8 Å². The second-order valence-corrected chi connectivity index (χ2v) is 4.88. The Morgan fingerprint density at radius 3 is 2.46 bits per heavy atom. The number of halogens is 1. The summed E-state index contributed by atoms with van der Waals surface area (Å²) in [6.45, 7) is 0. The first-order valence-corrected chi connectivity index (χ1v) is 7.12. The van der Waals surface area contributed by atoms with Gasteiger partial charge in [-0.3, -0.25) is 0 Å². The van der Waals surface area contributed by atoms with Crippen LogP contribution in [-0.4, -0.2) is 23.3 Å². The maximum absolute atomic E-state index is 14.2. The van der Waals surface area contributed by atoms with Crippen LogP contribution < -0.4 is 0 Å². The number of carbonyl (C=O) groups excluding carboxylic acids is 1. The Labute approximate surface area is 137 Å². The number of esters is 1. The molecular formula is C18H13FN2O3. The fraction of sp³-hybridized carbons (Fsp3) is 0.0556. The standard InChI is InChI=1S/C18H13FN2O3/c1-23-18(22)14-9-7-12(8-10-14)11-15(19)17-21-20-16(24-17)13-5-3-2-4-6-13/h2-11H,1H3/b15-11-. The molecule has 0 aliphatic carbocycles. The van der Waals surface area contributed by atoms with Crippen LogP contribution in [0.25, 0.3) is 23.4 Å². The number of aromatic nitrogens is 2. The minimum Gasteiger partial charge on any atom is -0.465 e. The van der Waals surface area contributed by atoms with Gasteiger partial charge >= 0.3 is 5.97 Å². The van der Waals surface area contributed by atoms with Gasteiger partial charge in [0.05, 0.1) is 12.7 Å². The number of nitrogens with zero attached hydrogens (tertiary/aromatic N) is 2. The lowest BCUT2D eigenvalue weighted by atomic mass is 10.1. The van der Waals surface area contributed by atoms with Gasteiger partial charge in [-0.1, -0.05) is 30.3 Å². The summed E-state index contributed by atoms with van der Waals surface area (Å²) in [4.78, 5) is 11.4. The number of rotatable bonds is 4. The molecule has 5 nitrogen and oxygen atoms in total. The van der Waals surface area contributed by atoms with Crippen molar-refractivity contribution in [2.75, 3.05) is 7.11 Å². The Bertz CT molecular complexity index is 871. The molecule has 1 heterocycles. The fourth-order valence-electron chi connectivity index (χ4n) is 2.06. The summed E-state index contributed by atoms with van der Waals surface area (Å²) >= 11 is 0. The maximum Gasteiger partial charge on any atom is 0.337 e. The van der Waals surface area contributed by atoms with E-state index in [2.05, 4.69) is 14.9 Å². The number of ether oxygens (including phenoxy) is 1. The van der Waals surface area contributed by atoms with Gasteiger partial charge in [0.15, 0.2) is 5.83 Å². The Morgan fingerprint density at radius 1 is 1.08 bits per heavy atom. The molecular weight excluding hydrogens is 311 g/mol. The van der Waals surface area contributed by atoms with Crippen LogP contribution in [0.5, 0.6) is 0 Å². The number of hydrogen-bond acceptors (Lipinski definition) is 5. The van der Waals surface area contributed by atoms with Crippen molar-refractivity contribution in [2.45, 2.75) is 0 Å². The van der Waals surface area contributed by atoms with Crippen LogP contribution >= 0.6 is 0 Å². The number of methoxy groups -OCH3 is 1. The van der Waals surface area contributed by atoms with Crippen molar-refractivity contribution in [3.63, 3.8) is 0 Å². The van der Waals surface area contributed by atoms with Gasteiger partial charge in [-0.15, -0.1) is 10.2 Å². The zero-order chi connectivity index (χ0) is 16.9. The zero-order valence-electron chi connectivity index (χ0n) is 12.8. The van der Waals surface area contributed by atoms with E-state index in [1.807, 2.05) is 18.2 Å². The third kappa shape index (κ3) is 3.38. The summed E-state index contributed by atoms with van der Waals surface area (Å²) in [5.41, 5.74) is 1.66.